The summed E-state index contributed by atoms with van der Waals surface area (Å²) in [7, 11) is 3.32. The molecule has 0 fully saturated rings. The molecule has 0 aliphatic heterocycles. The molecule has 0 amide bonds. The highest BCUT2D eigenvalue weighted by atomic mass is 16.5. The van der Waals surface area contributed by atoms with Crippen LogP contribution in [0.15, 0.2) is 6.20 Å². The van der Waals surface area contributed by atoms with E-state index in [9.17, 15) is 4.79 Å². The maximum atomic E-state index is 12.1. The molecular formula is C11H18N2O2. The molecule has 1 aromatic heterocycles. The predicted octanol–water partition coefficient (Wildman–Crippen LogP) is 2.05. The van der Waals surface area contributed by atoms with E-state index in [-0.39, 0.29) is 11.7 Å². The first kappa shape index (κ1) is 11.8. The molecule has 4 heteroatoms. The Morgan fingerprint density at radius 2 is 2.13 bits per heavy atom. The summed E-state index contributed by atoms with van der Waals surface area (Å²) in [6, 6.07) is 0. The number of hydrogen-bond acceptors (Lipinski definition) is 3. The molecule has 0 saturated carbocycles. The second kappa shape index (κ2) is 4.96. The summed E-state index contributed by atoms with van der Waals surface area (Å²) >= 11 is 0. The fraction of sp³-hybridized carbons (Fsp3) is 0.636. The molecular weight excluding hydrogens is 192 g/mol. The van der Waals surface area contributed by atoms with Crippen LogP contribution >= 0.6 is 0 Å². The quantitative estimate of drug-likeness (QED) is 0.699. The Labute approximate surface area is 90.2 Å². The fourth-order valence-electron chi connectivity index (χ4n) is 1.70. The third kappa shape index (κ3) is 2.19. The van der Waals surface area contributed by atoms with Crippen molar-refractivity contribution in [2.24, 2.45) is 13.0 Å². The molecule has 0 bridgehead atoms. The van der Waals surface area contributed by atoms with Gasteiger partial charge in [0.05, 0.1) is 13.3 Å². The summed E-state index contributed by atoms with van der Waals surface area (Å²) in [5.41, 5.74) is 0.575. The molecule has 0 aromatic carbocycles. The van der Waals surface area contributed by atoms with Crippen molar-refractivity contribution >= 4 is 5.78 Å². The number of hydrogen-bond donors (Lipinski definition) is 0. The number of aryl methyl sites for hydroxylation is 1. The highest BCUT2D eigenvalue weighted by Crippen LogP contribution is 2.23. The van der Waals surface area contributed by atoms with Gasteiger partial charge in [0.2, 0.25) is 0 Å². The first-order valence-corrected chi connectivity index (χ1v) is 5.25. The first-order chi connectivity index (χ1) is 7.15. The van der Waals surface area contributed by atoms with E-state index in [0.717, 1.165) is 12.8 Å². The Morgan fingerprint density at radius 1 is 1.53 bits per heavy atom. The fourth-order valence-corrected chi connectivity index (χ4v) is 1.70. The largest absolute Gasteiger partial charge is 0.493 e. The second-order valence-electron chi connectivity index (χ2n) is 3.56. The van der Waals surface area contributed by atoms with Gasteiger partial charge in [-0.3, -0.25) is 9.48 Å². The molecule has 0 aliphatic rings. The highest BCUT2D eigenvalue weighted by molar-refractivity contribution is 5.98. The topological polar surface area (TPSA) is 44.1 Å². The Hall–Kier alpha value is -1.32. The summed E-state index contributed by atoms with van der Waals surface area (Å²) in [6.45, 7) is 4.05. The maximum Gasteiger partial charge on any atom is 0.187 e. The van der Waals surface area contributed by atoms with E-state index < -0.39 is 0 Å². The lowest BCUT2D eigenvalue weighted by molar-refractivity contribution is 0.0900. The zero-order valence-electron chi connectivity index (χ0n) is 9.78. The zero-order chi connectivity index (χ0) is 11.4. The zero-order valence-corrected chi connectivity index (χ0v) is 9.78. The molecule has 1 aromatic rings. The van der Waals surface area contributed by atoms with Crippen molar-refractivity contribution < 1.29 is 9.53 Å². The van der Waals surface area contributed by atoms with E-state index in [4.69, 9.17) is 4.74 Å². The van der Waals surface area contributed by atoms with Gasteiger partial charge in [-0.1, -0.05) is 13.8 Å². The number of carbonyl (C=O) groups excluding carboxylic acids is 1. The van der Waals surface area contributed by atoms with Gasteiger partial charge in [-0.15, -0.1) is 0 Å². The van der Waals surface area contributed by atoms with Crippen molar-refractivity contribution in [1.29, 1.82) is 0 Å². The number of aromatic nitrogens is 2. The summed E-state index contributed by atoms with van der Waals surface area (Å²) in [5, 5.41) is 4.03. The monoisotopic (exact) mass is 210 g/mol. The SMILES string of the molecule is CCC(CC)C(=O)c1c(OC)cnn1C. The Morgan fingerprint density at radius 3 is 2.60 bits per heavy atom. The van der Waals surface area contributed by atoms with Crippen LogP contribution in [0, 0.1) is 5.92 Å². The van der Waals surface area contributed by atoms with E-state index in [0.29, 0.717) is 11.4 Å². The summed E-state index contributed by atoms with van der Waals surface area (Å²) in [6.07, 6.45) is 3.28. The van der Waals surface area contributed by atoms with Crippen LogP contribution < -0.4 is 4.74 Å². The van der Waals surface area contributed by atoms with Gasteiger partial charge in [-0.25, -0.2) is 0 Å². The number of carbonyl (C=O) groups is 1. The van der Waals surface area contributed by atoms with E-state index in [1.807, 2.05) is 13.8 Å². The number of methoxy groups -OCH3 is 1. The first-order valence-electron chi connectivity index (χ1n) is 5.25. The van der Waals surface area contributed by atoms with E-state index in [1.165, 1.54) is 0 Å². The number of ketones is 1. The standard InChI is InChI=1S/C11H18N2O2/c1-5-8(6-2)11(14)10-9(15-4)7-12-13(10)3/h7-8H,5-6H2,1-4H3. The number of nitrogens with zero attached hydrogens (tertiary/aromatic N) is 2. The molecule has 0 spiro atoms. The predicted molar refractivity (Wildman–Crippen MR) is 58.2 cm³/mol. The summed E-state index contributed by atoms with van der Waals surface area (Å²) in [4.78, 5) is 12.1. The number of Topliss-reactive ketones (excluding diaryl/α,β-unsaturated/α-hetero) is 1. The Balaban J connectivity index is 3.03. The van der Waals surface area contributed by atoms with Crippen LogP contribution in [0.5, 0.6) is 5.75 Å². The Kier molecular flexibility index (Phi) is 3.88. The molecule has 0 saturated heterocycles. The average molecular weight is 210 g/mol. The average Bonchev–Trinajstić information content (AvgIpc) is 2.61. The molecule has 0 N–H and O–H groups in total. The summed E-state index contributed by atoms with van der Waals surface area (Å²) in [5.74, 6) is 0.751. The van der Waals surface area contributed by atoms with Crippen LogP contribution in [-0.2, 0) is 7.05 Å². The summed E-state index contributed by atoms with van der Waals surface area (Å²) < 4.78 is 6.71. The lowest BCUT2D eigenvalue weighted by Crippen LogP contribution is -2.17. The van der Waals surface area contributed by atoms with Crippen molar-refractivity contribution in [3.63, 3.8) is 0 Å². The van der Waals surface area contributed by atoms with E-state index in [1.54, 1.807) is 25.0 Å². The minimum atomic E-state index is 0.0642. The van der Waals surface area contributed by atoms with Crippen LogP contribution in [0.1, 0.15) is 37.2 Å². The normalized spacial score (nSPS) is 10.7. The van der Waals surface area contributed by atoms with Gasteiger partial charge in [0.1, 0.15) is 5.69 Å². The molecule has 4 nitrogen and oxygen atoms in total. The third-order valence-electron chi connectivity index (χ3n) is 2.71. The van der Waals surface area contributed by atoms with Crippen LogP contribution in [0.3, 0.4) is 0 Å². The molecule has 1 heterocycles. The van der Waals surface area contributed by atoms with Gasteiger partial charge >= 0.3 is 0 Å². The second-order valence-corrected chi connectivity index (χ2v) is 3.56. The van der Waals surface area contributed by atoms with Crippen LogP contribution in [0.25, 0.3) is 0 Å². The van der Waals surface area contributed by atoms with Crippen molar-refractivity contribution in [3.05, 3.63) is 11.9 Å². The van der Waals surface area contributed by atoms with Crippen LogP contribution in [0.2, 0.25) is 0 Å². The molecule has 0 unspecified atom stereocenters. The molecule has 1 rings (SSSR count). The highest BCUT2D eigenvalue weighted by Gasteiger charge is 2.23. The lowest BCUT2D eigenvalue weighted by atomic mass is 9.96. The minimum Gasteiger partial charge on any atom is -0.493 e. The maximum absolute atomic E-state index is 12.1. The molecule has 0 atom stereocenters. The lowest BCUT2D eigenvalue weighted by Gasteiger charge is -2.11. The van der Waals surface area contributed by atoms with Crippen molar-refractivity contribution in [3.8, 4) is 5.75 Å². The van der Waals surface area contributed by atoms with Gasteiger partial charge in [0, 0.05) is 13.0 Å². The van der Waals surface area contributed by atoms with Crippen molar-refractivity contribution in [2.75, 3.05) is 7.11 Å². The molecule has 0 aliphatic carbocycles. The number of rotatable bonds is 5. The Bertz CT molecular complexity index is 340. The van der Waals surface area contributed by atoms with Gasteiger partial charge in [0.25, 0.3) is 0 Å². The van der Waals surface area contributed by atoms with Crippen LogP contribution in [0.4, 0.5) is 0 Å². The van der Waals surface area contributed by atoms with Gasteiger partial charge in [0.15, 0.2) is 11.5 Å². The third-order valence-corrected chi connectivity index (χ3v) is 2.71. The molecule has 0 radical (unpaired) electrons. The van der Waals surface area contributed by atoms with Gasteiger partial charge in [-0.05, 0) is 12.8 Å². The van der Waals surface area contributed by atoms with Crippen LogP contribution in [-0.4, -0.2) is 22.7 Å². The molecule has 15 heavy (non-hydrogen) atoms. The molecule has 84 valence electrons. The smallest absolute Gasteiger partial charge is 0.187 e. The van der Waals surface area contributed by atoms with Gasteiger partial charge < -0.3 is 4.74 Å². The van der Waals surface area contributed by atoms with Gasteiger partial charge in [-0.2, -0.15) is 5.10 Å². The minimum absolute atomic E-state index is 0.0642. The van der Waals surface area contributed by atoms with E-state index >= 15 is 0 Å². The van der Waals surface area contributed by atoms with E-state index in [2.05, 4.69) is 5.10 Å². The van der Waals surface area contributed by atoms with Crippen molar-refractivity contribution in [1.82, 2.24) is 9.78 Å². The van der Waals surface area contributed by atoms with Crippen molar-refractivity contribution in [2.45, 2.75) is 26.7 Å². The number of ether oxygens (including phenoxy) is 1.